The topological polar surface area (TPSA) is 114 Å². The van der Waals surface area contributed by atoms with E-state index >= 15 is 0 Å². The maximum atomic E-state index is 9.24. The van der Waals surface area contributed by atoms with Gasteiger partial charge in [-0.25, -0.2) is 15.0 Å². The summed E-state index contributed by atoms with van der Waals surface area (Å²) in [6.45, 7) is 0. The zero-order chi connectivity index (χ0) is 14.1. The summed E-state index contributed by atoms with van der Waals surface area (Å²) in [5, 5.41) is 10.3. The molecule has 100 valence electrons. The maximum absolute atomic E-state index is 9.24. The number of hydrogen-bond donors (Lipinski definition) is 2. The molecule has 0 unspecified atom stereocenters. The summed E-state index contributed by atoms with van der Waals surface area (Å²) in [6.07, 6.45) is 3.03. The predicted molar refractivity (Wildman–Crippen MR) is 76.0 cm³/mol. The number of pyridine rings is 1. The molecule has 0 atom stereocenters. The van der Waals surface area contributed by atoms with Crippen molar-refractivity contribution in [2.75, 3.05) is 11.5 Å². The zero-order valence-electron chi connectivity index (χ0n) is 10.6. The lowest BCUT2D eigenvalue weighted by molar-refractivity contribution is 0.889. The standard InChI is InChI=1S/C13H12N6S/c14-6-8-4-7-2-1-3-9(7)17-12(8)20-13-18-10(15)5-11(16)19-13/h4-5H,1-3H2,(H4,15,16,18,19). The Balaban J connectivity index is 2.00. The number of aryl methyl sites for hydroxylation is 2. The van der Waals surface area contributed by atoms with Crippen molar-refractivity contribution in [3.63, 3.8) is 0 Å². The molecule has 0 aliphatic heterocycles. The van der Waals surface area contributed by atoms with Crippen LogP contribution in [-0.4, -0.2) is 15.0 Å². The number of fused-ring (bicyclic) bond motifs is 1. The van der Waals surface area contributed by atoms with E-state index < -0.39 is 0 Å². The van der Waals surface area contributed by atoms with Crippen LogP contribution in [0.2, 0.25) is 0 Å². The molecule has 3 rings (SSSR count). The van der Waals surface area contributed by atoms with Gasteiger partial charge in [-0.3, -0.25) is 0 Å². The van der Waals surface area contributed by atoms with Crippen LogP contribution in [-0.2, 0) is 12.8 Å². The average Bonchev–Trinajstić information content (AvgIpc) is 2.83. The molecule has 0 bridgehead atoms. The van der Waals surface area contributed by atoms with Crippen molar-refractivity contribution in [1.29, 1.82) is 5.26 Å². The Hall–Kier alpha value is -2.33. The molecule has 1 aliphatic carbocycles. The molecule has 6 nitrogen and oxygen atoms in total. The molecular weight excluding hydrogens is 272 g/mol. The highest BCUT2D eigenvalue weighted by Crippen LogP contribution is 2.31. The summed E-state index contributed by atoms with van der Waals surface area (Å²) in [5.41, 5.74) is 14.1. The zero-order valence-corrected chi connectivity index (χ0v) is 11.4. The van der Waals surface area contributed by atoms with Crippen LogP contribution < -0.4 is 11.5 Å². The van der Waals surface area contributed by atoms with Crippen molar-refractivity contribution in [2.45, 2.75) is 29.4 Å². The summed E-state index contributed by atoms with van der Waals surface area (Å²) in [6, 6.07) is 5.57. The Morgan fingerprint density at radius 3 is 2.55 bits per heavy atom. The number of hydrogen-bond acceptors (Lipinski definition) is 7. The number of nitriles is 1. The van der Waals surface area contributed by atoms with Gasteiger partial charge in [0.25, 0.3) is 0 Å². The highest BCUT2D eigenvalue weighted by atomic mass is 32.2. The van der Waals surface area contributed by atoms with Crippen molar-refractivity contribution < 1.29 is 0 Å². The van der Waals surface area contributed by atoms with Crippen LogP contribution in [0.25, 0.3) is 0 Å². The van der Waals surface area contributed by atoms with Gasteiger partial charge in [-0.15, -0.1) is 0 Å². The van der Waals surface area contributed by atoms with Gasteiger partial charge in [0.1, 0.15) is 22.7 Å². The molecule has 0 amide bonds. The van der Waals surface area contributed by atoms with Gasteiger partial charge < -0.3 is 11.5 Å². The smallest absolute Gasteiger partial charge is 0.197 e. The number of nitrogens with zero attached hydrogens (tertiary/aromatic N) is 4. The number of nitrogens with two attached hydrogens (primary N) is 2. The molecule has 0 radical (unpaired) electrons. The molecule has 0 saturated carbocycles. The lowest BCUT2D eigenvalue weighted by atomic mass is 10.2. The van der Waals surface area contributed by atoms with Gasteiger partial charge in [0.15, 0.2) is 5.16 Å². The monoisotopic (exact) mass is 284 g/mol. The Morgan fingerprint density at radius 2 is 1.85 bits per heavy atom. The molecule has 2 heterocycles. The van der Waals surface area contributed by atoms with Crippen LogP contribution in [0, 0.1) is 11.3 Å². The van der Waals surface area contributed by atoms with E-state index in [1.54, 1.807) is 0 Å². The average molecular weight is 284 g/mol. The van der Waals surface area contributed by atoms with E-state index in [-0.39, 0.29) is 0 Å². The van der Waals surface area contributed by atoms with Gasteiger partial charge in [0, 0.05) is 11.8 Å². The third kappa shape index (κ3) is 2.38. The van der Waals surface area contributed by atoms with E-state index in [1.807, 2.05) is 6.07 Å². The fraction of sp³-hybridized carbons (Fsp3) is 0.231. The largest absolute Gasteiger partial charge is 0.383 e. The molecule has 0 fully saturated rings. The van der Waals surface area contributed by atoms with Gasteiger partial charge in [-0.1, -0.05) is 0 Å². The highest BCUT2D eigenvalue weighted by molar-refractivity contribution is 7.99. The summed E-state index contributed by atoms with van der Waals surface area (Å²) >= 11 is 1.22. The summed E-state index contributed by atoms with van der Waals surface area (Å²) in [4.78, 5) is 12.8. The fourth-order valence-electron chi connectivity index (χ4n) is 2.21. The van der Waals surface area contributed by atoms with Gasteiger partial charge in [-0.2, -0.15) is 5.26 Å². The second kappa shape index (κ2) is 4.98. The van der Waals surface area contributed by atoms with Crippen LogP contribution in [0.5, 0.6) is 0 Å². The Morgan fingerprint density at radius 1 is 1.10 bits per heavy atom. The van der Waals surface area contributed by atoms with E-state index in [0.29, 0.717) is 27.4 Å². The Labute approximate surface area is 120 Å². The molecule has 2 aromatic heterocycles. The number of aromatic nitrogens is 3. The van der Waals surface area contributed by atoms with Crippen molar-refractivity contribution in [3.8, 4) is 6.07 Å². The Bertz CT molecular complexity index is 701. The second-order valence-electron chi connectivity index (χ2n) is 4.51. The summed E-state index contributed by atoms with van der Waals surface area (Å²) in [5.74, 6) is 0.610. The second-order valence-corrected chi connectivity index (χ2v) is 5.47. The molecule has 0 saturated heterocycles. The third-order valence-electron chi connectivity index (χ3n) is 3.07. The number of rotatable bonds is 2. The van der Waals surface area contributed by atoms with Crippen molar-refractivity contribution in [1.82, 2.24) is 15.0 Å². The van der Waals surface area contributed by atoms with Gasteiger partial charge in [0.2, 0.25) is 0 Å². The van der Waals surface area contributed by atoms with Crippen LogP contribution in [0.4, 0.5) is 11.6 Å². The Kier molecular flexibility index (Phi) is 3.16. The first kappa shape index (κ1) is 12.7. The normalized spacial score (nSPS) is 12.9. The molecular formula is C13H12N6S. The van der Waals surface area contributed by atoms with E-state index in [9.17, 15) is 5.26 Å². The van der Waals surface area contributed by atoms with E-state index in [2.05, 4.69) is 21.0 Å². The summed E-state index contributed by atoms with van der Waals surface area (Å²) in [7, 11) is 0. The minimum Gasteiger partial charge on any atom is -0.383 e. The molecule has 1 aliphatic rings. The lowest BCUT2D eigenvalue weighted by Gasteiger charge is -2.06. The van der Waals surface area contributed by atoms with Crippen LogP contribution in [0.3, 0.4) is 0 Å². The van der Waals surface area contributed by atoms with E-state index in [0.717, 1.165) is 25.0 Å². The van der Waals surface area contributed by atoms with E-state index in [4.69, 9.17) is 11.5 Å². The quantitative estimate of drug-likeness (QED) is 0.804. The van der Waals surface area contributed by atoms with Crippen molar-refractivity contribution in [3.05, 3.63) is 29.0 Å². The third-order valence-corrected chi connectivity index (χ3v) is 3.94. The van der Waals surface area contributed by atoms with Gasteiger partial charge in [-0.05, 0) is 42.7 Å². The predicted octanol–water partition coefficient (Wildman–Crippen LogP) is 1.55. The number of nitrogen functional groups attached to an aromatic ring is 2. The first-order valence-electron chi connectivity index (χ1n) is 6.16. The van der Waals surface area contributed by atoms with Crippen molar-refractivity contribution >= 4 is 23.4 Å². The van der Waals surface area contributed by atoms with Crippen LogP contribution >= 0.6 is 11.8 Å². The maximum Gasteiger partial charge on any atom is 0.197 e. The van der Waals surface area contributed by atoms with Crippen LogP contribution in [0.15, 0.2) is 22.3 Å². The lowest BCUT2D eigenvalue weighted by Crippen LogP contribution is -2.00. The minimum atomic E-state index is 0.305. The molecule has 7 heteroatoms. The van der Waals surface area contributed by atoms with Gasteiger partial charge in [0.05, 0.1) is 5.56 Å². The SMILES string of the molecule is N#Cc1cc2c(nc1Sc1nc(N)cc(N)n1)CCC2. The van der Waals surface area contributed by atoms with Gasteiger partial charge >= 0.3 is 0 Å². The van der Waals surface area contributed by atoms with Crippen LogP contribution in [0.1, 0.15) is 23.2 Å². The highest BCUT2D eigenvalue weighted by Gasteiger charge is 2.18. The minimum absolute atomic E-state index is 0.305. The molecule has 20 heavy (non-hydrogen) atoms. The molecule has 4 N–H and O–H groups in total. The molecule has 0 aromatic carbocycles. The molecule has 0 spiro atoms. The van der Waals surface area contributed by atoms with Crippen molar-refractivity contribution in [2.24, 2.45) is 0 Å². The first-order valence-corrected chi connectivity index (χ1v) is 6.98. The first-order chi connectivity index (χ1) is 9.65. The fourth-order valence-corrected chi connectivity index (χ4v) is 3.05. The number of anilines is 2. The molecule has 2 aromatic rings. The summed E-state index contributed by atoms with van der Waals surface area (Å²) < 4.78 is 0. The van der Waals surface area contributed by atoms with E-state index in [1.165, 1.54) is 23.4 Å².